The molecule has 0 radical (unpaired) electrons. The summed E-state index contributed by atoms with van der Waals surface area (Å²) in [6.07, 6.45) is 9.26. The SMILES string of the molecule is CCCCC(CC)CN(CC(CC)CCCC)C(=O)CC(=O)c1ccccc1. The number of hydrogen-bond donors (Lipinski definition) is 0. The zero-order valence-electron chi connectivity index (χ0n) is 18.6. The van der Waals surface area contributed by atoms with Gasteiger partial charge in [0.2, 0.25) is 5.91 Å². The molecule has 3 nitrogen and oxygen atoms in total. The molecule has 0 bridgehead atoms. The van der Waals surface area contributed by atoms with E-state index < -0.39 is 0 Å². The molecule has 0 N–H and O–H groups in total. The Morgan fingerprint density at radius 2 is 1.32 bits per heavy atom. The Labute approximate surface area is 172 Å². The van der Waals surface area contributed by atoms with Gasteiger partial charge in [-0.1, -0.05) is 96.6 Å². The highest BCUT2D eigenvalue weighted by Crippen LogP contribution is 2.20. The summed E-state index contributed by atoms with van der Waals surface area (Å²) in [5, 5.41) is 0. The minimum Gasteiger partial charge on any atom is -0.342 e. The Hall–Kier alpha value is -1.64. The molecule has 1 amide bonds. The molecule has 0 saturated heterocycles. The maximum atomic E-state index is 13.1. The molecule has 0 saturated carbocycles. The van der Waals surface area contributed by atoms with Crippen LogP contribution in [0.4, 0.5) is 0 Å². The second-order valence-electron chi connectivity index (χ2n) is 8.10. The third kappa shape index (κ3) is 9.03. The number of carbonyl (C=O) groups excluding carboxylic acids is 2. The van der Waals surface area contributed by atoms with Gasteiger partial charge >= 0.3 is 0 Å². The van der Waals surface area contributed by atoms with E-state index in [9.17, 15) is 9.59 Å². The Morgan fingerprint density at radius 1 is 0.821 bits per heavy atom. The number of benzene rings is 1. The van der Waals surface area contributed by atoms with Crippen LogP contribution < -0.4 is 0 Å². The summed E-state index contributed by atoms with van der Waals surface area (Å²) in [6, 6.07) is 9.19. The van der Waals surface area contributed by atoms with E-state index >= 15 is 0 Å². The first-order valence-electron chi connectivity index (χ1n) is 11.4. The molecule has 158 valence electrons. The van der Waals surface area contributed by atoms with Crippen molar-refractivity contribution in [3.8, 4) is 0 Å². The Balaban J connectivity index is 2.84. The highest BCUT2D eigenvalue weighted by molar-refractivity contribution is 6.07. The van der Waals surface area contributed by atoms with E-state index in [2.05, 4.69) is 27.7 Å². The topological polar surface area (TPSA) is 37.4 Å². The van der Waals surface area contributed by atoms with Gasteiger partial charge < -0.3 is 4.90 Å². The van der Waals surface area contributed by atoms with Gasteiger partial charge in [0, 0.05) is 18.7 Å². The fraction of sp³-hybridized carbons (Fsp3) is 0.680. The predicted molar refractivity (Wildman–Crippen MR) is 119 cm³/mol. The molecule has 2 atom stereocenters. The number of hydrogen-bond acceptors (Lipinski definition) is 2. The minimum absolute atomic E-state index is 0.00116. The molecule has 28 heavy (non-hydrogen) atoms. The number of carbonyl (C=O) groups is 2. The monoisotopic (exact) mass is 387 g/mol. The summed E-state index contributed by atoms with van der Waals surface area (Å²) in [6.45, 7) is 10.4. The first-order chi connectivity index (χ1) is 13.5. The molecule has 0 heterocycles. The van der Waals surface area contributed by atoms with Crippen LogP contribution >= 0.6 is 0 Å². The molecule has 3 heteroatoms. The van der Waals surface area contributed by atoms with E-state index in [1.807, 2.05) is 23.1 Å². The van der Waals surface area contributed by atoms with Crippen LogP contribution in [-0.4, -0.2) is 29.7 Å². The van der Waals surface area contributed by atoms with Gasteiger partial charge in [0.25, 0.3) is 0 Å². The van der Waals surface area contributed by atoms with Gasteiger partial charge in [0.1, 0.15) is 0 Å². The van der Waals surface area contributed by atoms with Gasteiger partial charge in [0.05, 0.1) is 6.42 Å². The standard InChI is InChI=1S/C25H41NO2/c1-5-9-14-21(7-3)19-26(20-22(8-4)15-10-6-2)25(28)18-24(27)23-16-12-11-13-17-23/h11-13,16-17,21-22H,5-10,14-15,18-20H2,1-4H3. The van der Waals surface area contributed by atoms with Crippen molar-refractivity contribution in [2.75, 3.05) is 13.1 Å². The third-order valence-corrected chi connectivity index (χ3v) is 5.80. The number of unbranched alkanes of at least 4 members (excludes halogenated alkanes) is 2. The number of nitrogens with zero attached hydrogens (tertiary/aromatic N) is 1. The second-order valence-corrected chi connectivity index (χ2v) is 8.10. The van der Waals surface area contributed by atoms with Gasteiger partial charge in [0.15, 0.2) is 5.78 Å². The molecule has 1 aromatic rings. The van der Waals surface area contributed by atoms with Crippen molar-refractivity contribution in [2.24, 2.45) is 11.8 Å². The first-order valence-corrected chi connectivity index (χ1v) is 11.4. The van der Waals surface area contributed by atoms with Crippen molar-refractivity contribution < 1.29 is 9.59 Å². The summed E-state index contributed by atoms with van der Waals surface area (Å²) in [5.41, 5.74) is 0.631. The van der Waals surface area contributed by atoms with Gasteiger partial charge in [-0.05, 0) is 24.7 Å². The Morgan fingerprint density at radius 3 is 1.75 bits per heavy atom. The van der Waals surface area contributed by atoms with E-state index in [0.29, 0.717) is 17.4 Å². The molecule has 1 aromatic carbocycles. The van der Waals surface area contributed by atoms with Crippen LogP contribution in [0.1, 0.15) is 95.8 Å². The average Bonchev–Trinajstić information content (AvgIpc) is 2.73. The van der Waals surface area contributed by atoms with Crippen LogP contribution in [0.25, 0.3) is 0 Å². The summed E-state index contributed by atoms with van der Waals surface area (Å²) < 4.78 is 0. The average molecular weight is 388 g/mol. The lowest BCUT2D eigenvalue weighted by atomic mass is 9.95. The highest BCUT2D eigenvalue weighted by atomic mass is 16.2. The molecule has 0 fully saturated rings. The third-order valence-electron chi connectivity index (χ3n) is 5.80. The summed E-state index contributed by atoms with van der Waals surface area (Å²) in [4.78, 5) is 27.7. The number of amides is 1. The van der Waals surface area contributed by atoms with Crippen molar-refractivity contribution in [1.82, 2.24) is 4.90 Å². The van der Waals surface area contributed by atoms with Crippen LogP contribution in [0, 0.1) is 11.8 Å². The Bertz CT molecular complexity index is 537. The molecule has 0 spiro atoms. The number of rotatable bonds is 15. The lowest BCUT2D eigenvalue weighted by Crippen LogP contribution is -2.39. The van der Waals surface area contributed by atoms with Crippen LogP contribution in [0.15, 0.2) is 30.3 Å². The first kappa shape index (κ1) is 24.4. The molecular formula is C25H41NO2. The number of Topliss-reactive ketones (excluding diaryl/α,β-unsaturated/α-hetero) is 1. The van der Waals surface area contributed by atoms with E-state index in [4.69, 9.17) is 0 Å². The zero-order valence-corrected chi connectivity index (χ0v) is 18.6. The van der Waals surface area contributed by atoms with Crippen LogP contribution in [0.3, 0.4) is 0 Å². The van der Waals surface area contributed by atoms with Crippen molar-refractivity contribution in [3.63, 3.8) is 0 Å². The smallest absolute Gasteiger partial charge is 0.230 e. The molecule has 0 aliphatic heterocycles. The Kier molecular flexibility index (Phi) is 12.5. The van der Waals surface area contributed by atoms with E-state index in [-0.39, 0.29) is 18.1 Å². The van der Waals surface area contributed by atoms with Gasteiger partial charge in [-0.2, -0.15) is 0 Å². The largest absolute Gasteiger partial charge is 0.342 e. The maximum absolute atomic E-state index is 13.1. The fourth-order valence-electron chi connectivity index (χ4n) is 3.71. The minimum atomic E-state index is -0.0705. The summed E-state index contributed by atoms with van der Waals surface area (Å²) in [5.74, 6) is 0.983. The van der Waals surface area contributed by atoms with Crippen molar-refractivity contribution in [1.29, 1.82) is 0 Å². The van der Waals surface area contributed by atoms with Crippen molar-refractivity contribution >= 4 is 11.7 Å². The zero-order chi connectivity index (χ0) is 20.8. The lowest BCUT2D eigenvalue weighted by molar-refractivity contribution is -0.131. The van der Waals surface area contributed by atoms with Gasteiger partial charge in [-0.3, -0.25) is 9.59 Å². The van der Waals surface area contributed by atoms with E-state index in [1.165, 1.54) is 25.7 Å². The predicted octanol–water partition coefficient (Wildman–Crippen LogP) is 6.52. The molecule has 2 unspecified atom stereocenters. The van der Waals surface area contributed by atoms with Gasteiger partial charge in [-0.15, -0.1) is 0 Å². The maximum Gasteiger partial charge on any atom is 0.230 e. The highest BCUT2D eigenvalue weighted by Gasteiger charge is 2.23. The van der Waals surface area contributed by atoms with E-state index in [0.717, 1.165) is 38.8 Å². The van der Waals surface area contributed by atoms with Crippen LogP contribution in [0.2, 0.25) is 0 Å². The normalized spacial score (nSPS) is 13.1. The second kappa shape index (κ2) is 14.4. The number of ketones is 1. The van der Waals surface area contributed by atoms with Crippen molar-refractivity contribution in [2.45, 2.75) is 85.5 Å². The summed E-state index contributed by atoms with van der Waals surface area (Å²) >= 11 is 0. The fourth-order valence-corrected chi connectivity index (χ4v) is 3.71. The molecule has 1 rings (SSSR count). The van der Waals surface area contributed by atoms with E-state index in [1.54, 1.807) is 12.1 Å². The molecular weight excluding hydrogens is 346 g/mol. The molecule has 0 aromatic heterocycles. The quantitative estimate of drug-likeness (QED) is 0.254. The van der Waals surface area contributed by atoms with Crippen molar-refractivity contribution in [3.05, 3.63) is 35.9 Å². The molecule has 0 aliphatic rings. The van der Waals surface area contributed by atoms with Gasteiger partial charge in [-0.25, -0.2) is 0 Å². The summed E-state index contributed by atoms with van der Waals surface area (Å²) in [7, 11) is 0. The molecule has 0 aliphatic carbocycles. The van der Waals surface area contributed by atoms with Crippen LogP contribution in [0.5, 0.6) is 0 Å². The lowest BCUT2D eigenvalue weighted by Gasteiger charge is -2.30. The van der Waals surface area contributed by atoms with Crippen LogP contribution in [-0.2, 0) is 4.79 Å².